The third-order valence-corrected chi connectivity index (χ3v) is 5.90. The number of benzene rings is 2. The van der Waals surface area contributed by atoms with Crippen LogP contribution in [0.15, 0.2) is 54.7 Å². The summed E-state index contributed by atoms with van der Waals surface area (Å²) in [6.07, 6.45) is 4.32. The number of pyridine rings is 1. The lowest BCUT2D eigenvalue weighted by Gasteiger charge is -2.46. The van der Waals surface area contributed by atoms with Crippen molar-refractivity contribution in [2.75, 3.05) is 5.73 Å². The topological polar surface area (TPSA) is 77.2 Å². The average molecular weight is 418 g/mol. The number of piperidine rings is 1. The zero-order chi connectivity index (χ0) is 22.2. The summed E-state index contributed by atoms with van der Waals surface area (Å²) in [6.45, 7) is 8.87. The van der Waals surface area contributed by atoms with Crippen LogP contribution in [0.2, 0.25) is 0 Å². The van der Waals surface area contributed by atoms with Crippen molar-refractivity contribution in [1.29, 1.82) is 0 Å². The van der Waals surface area contributed by atoms with Gasteiger partial charge in [-0.2, -0.15) is 0 Å². The van der Waals surface area contributed by atoms with Crippen LogP contribution in [0.1, 0.15) is 57.3 Å². The molecule has 1 aliphatic rings. The van der Waals surface area contributed by atoms with Gasteiger partial charge in [-0.1, -0.05) is 12.1 Å². The molecule has 0 atom stereocenters. The Morgan fingerprint density at radius 3 is 2.45 bits per heavy atom. The number of ketones is 1. The van der Waals surface area contributed by atoms with E-state index in [1.54, 1.807) is 6.20 Å². The molecule has 2 aromatic carbocycles. The van der Waals surface area contributed by atoms with Crippen LogP contribution in [0.4, 0.5) is 5.82 Å². The Kier molecular flexibility index (Phi) is 5.48. The molecule has 162 valence electrons. The molecule has 0 saturated carbocycles. The van der Waals surface area contributed by atoms with Gasteiger partial charge in [-0.05, 0) is 82.9 Å². The highest BCUT2D eigenvalue weighted by Gasteiger charge is 2.38. The van der Waals surface area contributed by atoms with Gasteiger partial charge >= 0.3 is 0 Å². The van der Waals surface area contributed by atoms with E-state index in [4.69, 9.17) is 10.5 Å². The molecule has 0 radical (unpaired) electrons. The van der Waals surface area contributed by atoms with E-state index < -0.39 is 0 Å². The number of fused-ring (bicyclic) bond motifs is 1. The Labute approximate surface area is 184 Å². The van der Waals surface area contributed by atoms with Gasteiger partial charge < -0.3 is 15.8 Å². The SMILES string of the molecule is CC1(C)CC(CC(=O)c2ccc(Oc3cccc4cnc(N)cc34)cc2)CC(C)(C)N1. The van der Waals surface area contributed by atoms with Gasteiger partial charge in [0.05, 0.1) is 0 Å². The maximum atomic E-state index is 12.9. The van der Waals surface area contributed by atoms with E-state index in [0.29, 0.717) is 29.7 Å². The molecule has 0 bridgehead atoms. The van der Waals surface area contributed by atoms with E-state index in [2.05, 4.69) is 38.0 Å². The van der Waals surface area contributed by atoms with E-state index in [1.165, 1.54) is 0 Å². The van der Waals surface area contributed by atoms with Crippen molar-refractivity contribution >= 4 is 22.4 Å². The predicted octanol–water partition coefficient (Wildman–Crippen LogP) is 5.74. The number of Topliss-reactive ketones (excluding diaryl/α,β-unsaturated/α-hetero) is 1. The minimum atomic E-state index is 0.0434. The highest BCUT2D eigenvalue weighted by atomic mass is 16.5. The number of nitrogens with zero attached hydrogens (tertiary/aromatic N) is 1. The molecule has 0 amide bonds. The summed E-state index contributed by atoms with van der Waals surface area (Å²) in [5.74, 6) is 2.42. The van der Waals surface area contributed by atoms with E-state index in [0.717, 1.165) is 29.2 Å². The summed E-state index contributed by atoms with van der Waals surface area (Å²) in [5, 5.41) is 5.55. The van der Waals surface area contributed by atoms with E-state index in [-0.39, 0.29) is 16.9 Å². The molecule has 2 heterocycles. The summed E-state index contributed by atoms with van der Waals surface area (Å²) >= 11 is 0. The molecule has 5 heteroatoms. The molecule has 5 nitrogen and oxygen atoms in total. The molecule has 1 aromatic heterocycles. The van der Waals surface area contributed by atoms with Crippen LogP contribution in [-0.4, -0.2) is 21.8 Å². The van der Waals surface area contributed by atoms with Gasteiger partial charge in [0.15, 0.2) is 5.78 Å². The number of hydrogen-bond donors (Lipinski definition) is 2. The summed E-state index contributed by atoms with van der Waals surface area (Å²) in [6, 6.07) is 15.0. The fourth-order valence-corrected chi connectivity index (χ4v) is 5.14. The fourth-order valence-electron chi connectivity index (χ4n) is 5.14. The number of carbonyl (C=O) groups is 1. The molecule has 3 aromatic rings. The molecule has 1 aliphatic heterocycles. The lowest BCUT2D eigenvalue weighted by Crippen LogP contribution is -2.57. The second kappa shape index (κ2) is 7.97. The van der Waals surface area contributed by atoms with Crippen molar-refractivity contribution in [3.63, 3.8) is 0 Å². The number of carbonyl (C=O) groups excluding carboxylic acids is 1. The molecule has 1 saturated heterocycles. The quantitative estimate of drug-likeness (QED) is 0.518. The van der Waals surface area contributed by atoms with Crippen LogP contribution in [0, 0.1) is 5.92 Å². The monoisotopic (exact) mass is 417 g/mol. The number of ether oxygens (including phenoxy) is 1. The average Bonchev–Trinajstić information content (AvgIpc) is 2.66. The van der Waals surface area contributed by atoms with Crippen LogP contribution < -0.4 is 15.8 Å². The molecule has 1 fully saturated rings. The Hall–Kier alpha value is -2.92. The second-order valence-electron chi connectivity index (χ2n) is 10.0. The van der Waals surface area contributed by atoms with Crippen LogP contribution in [0.25, 0.3) is 10.8 Å². The van der Waals surface area contributed by atoms with Crippen molar-refractivity contribution in [1.82, 2.24) is 10.3 Å². The summed E-state index contributed by atoms with van der Waals surface area (Å²) < 4.78 is 6.08. The number of anilines is 1. The van der Waals surface area contributed by atoms with Crippen molar-refractivity contribution in [3.8, 4) is 11.5 Å². The fraction of sp³-hybridized carbons (Fsp3) is 0.385. The smallest absolute Gasteiger partial charge is 0.163 e. The molecule has 0 aliphatic carbocycles. The number of aromatic nitrogens is 1. The Bertz CT molecular complexity index is 1090. The normalized spacial score (nSPS) is 18.1. The Morgan fingerprint density at radius 2 is 1.77 bits per heavy atom. The minimum Gasteiger partial charge on any atom is -0.457 e. The lowest BCUT2D eigenvalue weighted by atomic mass is 9.74. The van der Waals surface area contributed by atoms with Crippen molar-refractivity contribution in [2.24, 2.45) is 5.92 Å². The molecule has 0 unspecified atom stereocenters. The van der Waals surface area contributed by atoms with Crippen molar-refractivity contribution < 1.29 is 9.53 Å². The number of nitrogens with two attached hydrogens (primary N) is 1. The number of hydrogen-bond acceptors (Lipinski definition) is 5. The van der Waals surface area contributed by atoms with Crippen LogP contribution >= 0.6 is 0 Å². The van der Waals surface area contributed by atoms with Gasteiger partial charge in [-0.3, -0.25) is 4.79 Å². The van der Waals surface area contributed by atoms with Crippen molar-refractivity contribution in [2.45, 2.75) is 58.0 Å². The first-order valence-electron chi connectivity index (χ1n) is 10.8. The van der Waals surface area contributed by atoms with Gasteiger partial charge in [0.1, 0.15) is 17.3 Å². The maximum absolute atomic E-state index is 12.9. The summed E-state index contributed by atoms with van der Waals surface area (Å²) in [7, 11) is 0. The standard InChI is InChI=1S/C26H31N3O2/c1-25(2)14-17(15-26(3,4)29-25)12-22(30)18-8-10-20(11-9-18)31-23-7-5-6-19-16-28-24(27)13-21(19)23/h5-11,13,16-17,29H,12,14-15H2,1-4H3,(H2,27,28). The van der Waals surface area contributed by atoms with Gasteiger partial charge in [-0.15, -0.1) is 0 Å². The Balaban J connectivity index is 1.46. The highest BCUT2D eigenvalue weighted by molar-refractivity contribution is 5.96. The van der Waals surface area contributed by atoms with Gasteiger partial charge in [0, 0.05) is 40.0 Å². The molecular weight excluding hydrogens is 386 g/mol. The minimum absolute atomic E-state index is 0.0434. The third-order valence-electron chi connectivity index (χ3n) is 5.90. The molecular formula is C26H31N3O2. The zero-order valence-corrected chi connectivity index (χ0v) is 18.7. The predicted molar refractivity (Wildman–Crippen MR) is 126 cm³/mol. The third kappa shape index (κ3) is 5.05. The van der Waals surface area contributed by atoms with Crippen LogP contribution in [0.3, 0.4) is 0 Å². The number of rotatable bonds is 5. The first-order chi connectivity index (χ1) is 14.6. The summed E-state index contributed by atoms with van der Waals surface area (Å²) in [5.41, 5.74) is 6.66. The first-order valence-corrected chi connectivity index (χ1v) is 10.8. The number of nitrogens with one attached hydrogen (secondary N) is 1. The van der Waals surface area contributed by atoms with E-state index in [9.17, 15) is 4.79 Å². The largest absolute Gasteiger partial charge is 0.457 e. The molecule has 0 spiro atoms. The molecule has 3 N–H and O–H groups in total. The van der Waals surface area contributed by atoms with E-state index >= 15 is 0 Å². The van der Waals surface area contributed by atoms with Gasteiger partial charge in [0.25, 0.3) is 0 Å². The Morgan fingerprint density at radius 1 is 1.10 bits per heavy atom. The first kappa shape index (κ1) is 21.3. The van der Waals surface area contributed by atoms with Crippen molar-refractivity contribution in [3.05, 3.63) is 60.3 Å². The lowest BCUT2D eigenvalue weighted by molar-refractivity contribution is 0.0864. The highest BCUT2D eigenvalue weighted by Crippen LogP contribution is 2.35. The van der Waals surface area contributed by atoms with Crippen LogP contribution in [-0.2, 0) is 0 Å². The van der Waals surface area contributed by atoms with E-state index in [1.807, 2.05) is 48.5 Å². The molecule has 4 rings (SSSR count). The van der Waals surface area contributed by atoms with Crippen LogP contribution in [0.5, 0.6) is 11.5 Å². The second-order valence-corrected chi connectivity index (χ2v) is 10.0. The number of nitrogen functional groups attached to an aromatic ring is 1. The summed E-state index contributed by atoms with van der Waals surface area (Å²) in [4.78, 5) is 17.1. The van der Waals surface area contributed by atoms with Gasteiger partial charge in [0.2, 0.25) is 0 Å². The molecule has 31 heavy (non-hydrogen) atoms. The maximum Gasteiger partial charge on any atom is 0.163 e. The zero-order valence-electron chi connectivity index (χ0n) is 18.7. The van der Waals surface area contributed by atoms with Gasteiger partial charge in [-0.25, -0.2) is 4.98 Å².